The molecule has 0 saturated heterocycles. The van der Waals surface area contributed by atoms with E-state index in [1.807, 2.05) is 0 Å². The second kappa shape index (κ2) is 10.3. The minimum atomic E-state index is 0.651. The van der Waals surface area contributed by atoms with Crippen molar-refractivity contribution in [3.8, 4) is 22.3 Å². The third-order valence-corrected chi connectivity index (χ3v) is 11.0. The number of aryl methyl sites for hydroxylation is 1. The van der Waals surface area contributed by atoms with Gasteiger partial charge in [-0.05, 0) is 143 Å². The van der Waals surface area contributed by atoms with E-state index in [2.05, 4.69) is 159 Å². The Morgan fingerprint density at radius 3 is 1.79 bits per heavy atom. The Labute approximate surface area is 275 Å². The molecule has 0 amide bonds. The highest BCUT2D eigenvalue weighted by Crippen LogP contribution is 2.52. The van der Waals surface area contributed by atoms with Gasteiger partial charge in [-0.3, -0.25) is 0 Å². The summed E-state index contributed by atoms with van der Waals surface area (Å²) in [5.74, 6) is 1.32. The van der Waals surface area contributed by atoms with Crippen LogP contribution in [0.5, 0.6) is 0 Å². The highest BCUT2D eigenvalue weighted by molar-refractivity contribution is 6.28. The highest BCUT2D eigenvalue weighted by Gasteiger charge is 2.39. The van der Waals surface area contributed by atoms with Gasteiger partial charge in [0.25, 0.3) is 0 Å². The summed E-state index contributed by atoms with van der Waals surface area (Å²) >= 11 is 0. The fourth-order valence-electron chi connectivity index (χ4n) is 8.48. The maximum Gasteiger partial charge on any atom is -0.00176 e. The van der Waals surface area contributed by atoms with Crippen LogP contribution >= 0.6 is 0 Å². The largest absolute Gasteiger partial charge is 0.0620 e. The van der Waals surface area contributed by atoms with E-state index in [4.69, 9.17) is 0 Å². The van der Waals surface area contributed by atoms with Gasteiger partial charge in [-0.2, -0.15) is 0 Å². The lowest BCUT2D eigenvalue weighted by Crippen LogP contribution is -1.97. The molecule has 9 aromatic rings. The van der Waals surface area contributed by atoms with Crippen LogP contribution in [0, 0.1) is 12.8 Å². The van der Waals surface area contributed by atoms with Crippen molar-refractivity contribution in [1.82, 2.24) is 0 Å². The lowest BCUT2D eigenvalue weighted by molar-refractivity contribution is 0.797. The normalized spacial score (nSPS) is 16.2. The van der Waals surface area contributed by atoms with E-state index in [-0.39, 0.29) is 0 Å². The number of hydrogen-bond acceptors (Lipinski definition) is 0. The summed E-state index contributed by atoms with van der Waals surface area (Å²) in [6.45, 7) is 2.27. The smallest absolute Gasteiger partial charge is 0.00176 e. The molecule has 1 fully saturated rings. The summed E-state index contributed by atoms with van der Waals surface area (Å²) < 4.78 is 0. The van der Waals surface area contributed by atoms with Crippen molar-refractivity contribution in [3.05, 3.63) is 168 Å². The van der Waals surface area contributed by atoms with Gasteiger partial charge in [-0.25, -0.2) is 0 Å². The minimum Gasteiger partial charge on any atom is -0.0620 e. The van der Waals surface area contributed by atoms with Crippen molar-refractivity contribution in [2.45, 2.75) is 25.7 Å². The van der Waals surface area contributed by atoms with Crippen LogP contribution in [0.2, 0.25) is 0 Å². The van der Waals surface area contributed by atoms with Crippen LogP contribution in [0.4, 0.5) is 0 Å². The fourth-order valence-corrected chi connectivity index (χ4v) is 8.48. The van der Waals surface area contributed by atoms with Gasteiger partial charge in [0.1, 0.15) is 0 Å². The Morgan fingerprint density at radius 2 is 1.04 bits per heavy atom. The summed E-state index contributed by atoms with van der Waals surface area (Å²) in [4.78, 5) is 0. The molecule has 0 radical (unpaired) electrons. The standard InChI is InChI=1S/C47H34/c1-29-8-2-7-13-39(29)45-28-38(45)26-37-27-44(36-17-15-31-10-4-6-12-34(31)25-36)43-21-19-32-18-20-40(42-23-22-41(37)47(43)46(32)42)35-16-14-30-9-3-5-11-33(30)24-35/h2-25,27,38,45H,26,28H2,1H3. The SMILES string of the molecule is Cc1ccccc1C1CC1Cc1cc(-c2ccc3ccccc3c2)c2ccc3ccc(-c4ccc5ccccc5c4)c4ccc1c2c34. The van der Waals surface area contributed by atoms with Crippen LogP contribution in [0.25, 0.3) is 76.1 Å². The molecule has 0 aromatic heterocycles. The molecule has 0 heterocycles. The minimum absolute atomic E-state index is 0.651. The van der Waals surface area contributed by atoms with E-state index >= 15 is 0 Å². The molecule has 9 aromatic carbocycles. The third-order valence-electron chi connectivity index (χ3n) is 11.0. The van der Waals surface area contributed by atoms with E-state index in [0.29, 0.717) is 11.8 Å². The molecule has 0 bridgehead atoms. The maximum atomic E-state index is 2.53. The van der Waals surface area contributed by atoms with Gasteiger partial charge in [0.2, 0.25) is 0 Å². The van der Waals surface area contributed by atoms with E-state index in [1.165, 1.54) is 99.2 Å². The second-order valence-electron chi connectivity index (χ2n) is 13.7. The first-order valence-corrected chi connectivity index (χ1v) is 17.0. The Hall–Kier alpha value is -5.46. The molecule has 1 aliphatic carbocycles. The number of fused-ring (bicyclic) bond motifs is 2. The molecule has 0 heteroatoms. The van der Waals surface area contributed by atoms with Gasteiger partial charge in [0.15, 0.2) is 0 Å². The van der Waals surface area contributed by atoms with Gasteiger partial charge in [-0.15, -0.1) is 0 Å². The number of rotatable bonds is 5. The third kappa shape index (κ3) is 4.29. The van der Waals surface area contributed by atoms with Gasteiger partial charge in [0, 0.05) is 0 Å². The first kappa shape index (κ1) is 26.7. The fraction of sp³-hybridized carbons (Fsp3) is 0.106. The van der Waals surface area contributed by atoms with E-state index in [1.54, 1.807) is 0 Å². The molecule has 0 N–H and O–H groups in total. The topological polar surface area (TPSA) is 0 Å². The van der Waals surface area contributed by atoms with Crippen molar-refractivity contribution in [2.24, 2.45) is 5.92 Å². The number of benzene rings is 9. The molecule has 1 saturated carbocycles. The van der Waals surface area contributed by atoms with Gasteiger partial charge >= 0.3 is 0 Å². The molecule has 47 heavy (non-hydrogen) atoms. The molecule has 222 valence electrons. The molecule has 0 aliphatic heterocycles. The average Bonchev–Trinajstić information content (AvgIpc) is 3.89. The molecular weight excluding hydrogens is 565 g/mol. The van der Waals surface area contributed by atoms with Crippen LogP contribution in [0.3, 0.4) is 0 Å². The lowest BCUT2D eigenvalue weighted by Gasteiger charge is -2.20. The predicted molar refractivity (Wildman–Crippen MR) is 202 cm³/mol. The van der Waals surface area contributed by atoms with Crippen LogP contribution in [-0.4, -0.2) is 0 Å². The monoisotopic (exact) mass is 598 g/mol. The zero-order valence-corrected chi connectivity index (χ0v) is 26.5. The van der Waals surface area contributed by atoms with Crippen molar-refractivity contribution in [1.29, 1.82) is 0 Å². The Bertz CT molecular complexity index is 2660. The van der Waals surface area contributed by atoms with Gasteiger partial charge in [0.05, 0.1) is 0 Å². The Balaban J connectivity index is 1.21. The van der Waals surface area contributed by atoms with Crippen molar-refractivity contribution < 1.29 is 0 Å². The van der Waals surface area contributed by atoms with Crippen molar-refractivity contribution in [2.75, 3.05) is 0 Å². The molecule has 2 atom stereocenters. The van der Waals surface area contributed by atoms with Crippen LogP contribution in [0.15, 0.2) is 152 Å². The van der Waals surface area contributed by atoms with Crippen LogP contribution in [-0.2, 0) is 6.42 Å². The summed E-state index contributed by atoms with van der Waals surface area (Å²) in [6, 6.07) is 57.0. The van der Waals surface area contributed by atoms with Crippen LogP contribution in [0.1, 0.15) is 29.0 Å². The zero-order chi connectivity index (χ0) is 31.1. The molecule has 10 rings (SSSR count). The first-order chi connectivity index (χ1) is 23.2. The summed E-state index contributed by atoms with van der Waals surface area (Å²) in [6.07, 6.45) is 2.37. The Morgan fingerprint density at radius 1 is 0.468 bits per heavy atom. The van der Waals surface area contributed by atoms with E-state index < -0.39 is 0 Å². The summed E-state index contributed by atoms with van der Waals surface area (Å²) in [5.41, 5.74) is 9.65. The predicted octanol–water partition coefficient (Wildman–Crippen LogP) is 12.9. The number of hydrogen-bond donors (Lipinski definition) is 0. The highest BCUT2D eigenvalue weighted by atomic mass is 14.4. The molecule has 1 aliphatic rings. The van der Waals surface area contributed by atoms with E-state index in [0.717, 1.165) is 6.42 Å². The van der Waals surface area contributed by atoms with Crippen molar-refractivity contribution >= 4 is 53.9 Å². The average molecular weight is 599 g/mol. The molecule has 0 nitrogen and oxygen atoms in total. The lowest BCUT2D eigenvalue weighted by atomic mass is 9.84. The van der Waals surface area contributed by atoms with E-state index in [9.17, 15) is 0 Å². The van der Waals surface area contributed by atoms with Gasteiger partial charge in [-0.1, -0.05) is 133 Å². The molecule has 2 unspecified atom stereocenters. The molecule has 0 spiro atoms. The van der Waals surface area contributed by atoms with Gasteiger partial charge < -0.3 is 0 Å². The quantitative estimate of drug-likeness (QED) is 0.173. The van der Waals surface area contributed by atoms with Crippen LogP contribution < -0.4 is 0 Å². The molecular formula is C47H34. The van der Waals surface area contributed by atoms with Crippen molar-refractivity contribution in [3.63, 3.8) is 0 Å². The summed E-state index contributed by atoms with van der Waals surface area (Å²) in [7, 11) is 0. The maximum absolute atomic E-state index is 2.53. The summed E-state index contributed by atoms with van der Waals surface area (Å²) in [5, 5.41) is 13.3. The zero-order valence-electron chi connectivity index (χ0n) is 26.5. The Kier molecular flexibility index (Phi) is 5.84. The second-order valence-corrected chi connectivity index (χ2v) is 13.7. The first-order valence-electron chi connectivity index (χ1n) is 17.0.